The Hall–Kier alpha value is -4.01. The van der Waals surface area contributed by atoms with Crippen LogP contribution in [-0.2, 0) is 11.3 Å². The summed E-state index contributed by atoms with van der Waals surface area (Å²) in [6, 6.07) is 23.4. The quantitative estimate of drug-likeness (QED) is 0.308. The van der Waals surface area contributed by atoms with Crippen LogP contribution in [0.5, 0.6) is 0 Å². The standard InChI is InChI=1S/C33H35N5O2S/c1-33(2,3)37-18-16-36(17-19-37)27-12-9-23(10-13-27)25-11-14-28-26(21-25)22-38(31(28)40)29(24-7-5-4-6-8-24)30(39)35-32-34-15-20-41-32/h4-15,20-21,29H,16-19,22H2,1-3H3,(H,34,35,39)/t29-/m0/s1. The van der Waals surface area contributed by atoms with Gasteiger partial charge in [0.05, 0.1) is 0 Å². The van der Waals surface area contributed by atoms with Crippen molar-refractivity contribution in [2.45, 2.75) is 38.9 Å². The highest BCUT2D eigenvalue weighted by Crippen LogP contribution is 2.35. The van der Waals surface area contributed by atoms with Crippen molar-refractivity contribution in [1.29, 1.82) is 0 Å². The third kappa shape index (κ3) is 5.62. The third-order valence-electron chi connectivity index (χ3n) is 8.07. The Morgan fingerprint density at radius 2 is 1.63 bits per heavy atom. The number of nitrogens with one attached hydrogen (secondary N) is 1. The van der Waals surface area contributed by atoms with E-state index in [1.54, 1.807) is 11.1 Å². The van der Waals surface area contributed by atoms with E-state index in [1.807, 2.05) is 47.8 Å². The van der Waals surface area contributed by atoms with Gasteiger partial charge in [0.15, 0.2) is 5.13 Å². The number of hydrogen-bond acceptors (Lipinski definition) is 6. The predicted molar refractivity (Wildman–Crippen MR) is 165 cm³/mol. The molecule has 0 spiro atoms. The lowest BCUT2D eigenvalue weighted by Gasteiger charge is -2.43. The second-order valence-corrected chi connectivity index (χ2v) is 12.5. The zero-order chi connectivity index (χ0) is 28.6. The van der Waals surface area contributed by atoms with Crippen LogP contribution in [0.3, 0.4) is 0 Å². The van der Waals surface area contributed by atoms with E-state index in [2.05, 4.69) is 71.2 Å². The lowest BCUT2D eigenvalue weighted by molar-refractivity contribution is -0.120. The van der Waals surface area contributed by atoms with Crippen LogP contribution in [0.15, 0.2) is 84.4 Å². The van der Waals surface area contributed by atoms with Gasteiger partial charge in [0.25, 0.3) is 11.8 Å². The molecule has 1 N–H and O–H groups in total. The summed E-state index contributed by atoms with van der Waals surface area (Å²) in [5, 5.41) is 5.22. The Labute approximate surface area is 245 Å². The molecule has 0 saturated carbocycles. The molecule has 0 radical (unpaired) electrons. The molecule has 1 fully saturated rings. The summed E-state index contributed by atoms with van der Waals surface area (Å²) >= 11 is 1.35. The van der Waals surface area contributed by atoms with Gasteiger partial charge in [-0.1, -0.05) is 48.5 Å². The molecule has 3 aromatic carbocycles. The second kappa shape index (κ2) is 11.1. The van der Waals surface area contributed by atoms with Crippen molar-refractivity contribution in [2.75, 3.05) is 36.4 Å². The Morgan fingerprint density at radius 1 is 0.927 bits per heavy atom. The van der Waals surface area contributed by atoms with Crippen molar-refractivity contribution in [1.82, 2.24) is 14.8 Å². The Balaban J connectivity index is 1.20. The average molecular weight is 566 g/mol. The van der Waals surface area contributed by atoms with E-state index in [9.17, 15) is 9.59 Å². The highest BCUT2D eigenvalue weighted by molar-refractivity contribution is 7.13. The Kier molecular flexibility index (Phi) is 7.36. The number of amides is 2. The van der Waals surface area contributed by atoms with Gasteiger partial charge in [0.2, 0.25) is 0 Å². The molecule has 1 atom stereocenters. The summed E-state index contributed by atoms with van der Waals surface area (Å²) in [4.78, 5) is 37.9. The van der Waals surface area contributed by atoms with Crippen LogP contribution in [0.2, 0.25) is 0 Å². The maximum absolute atomic E-state index is 13.6. The van der Waals surface area contributed by atoms with Gasteiger partial charge in [-0.25, -0.2) is 4.98 Å². The van der Waals surface area contributed by atoms with Crippen LogP contribution in [0.25, 0.3) is 11.1 Å². The summed E-state index contributed by atoms with van der Waals surface area (Å²) in [7, 11) is 0. The van der Waals surface area contributed by atoms with E-state index in [4.69, 9.17) is 0 Å². The molecule has 2 aliphatic rings. The number of rotatable bonds is 6. The SMILES string of the molecule is CC(C)(C)N1CCN(c2ccc(-c3ccc4c(c3)CN([C@H](C(=O)Nc3nccs3)c3ccccc3)C4=O)cc2)CC1. The molecule has 210 valence electrons. The van der Waals surface area contributed by atoms with E-state index in [0.717, 1.165) is 48.4 Å². The van der Waals surface area contributed by atoms with Gasteiger partial charge >= 0.3 is 0 Å². The van der Waals surface area contributed by atoms with Crippen molar-refractivity contribution in [2.24, 2.45) is 0 Å². The van der Waals surface area contributed by atoms with Crippen LogP contribution in [-0.4, -0.2) is 58.3 Å². The molecule has 0 aliphatic carbocycles. The average Bonchev–Trinajstić information content (AvgIpc) is 3.61. The van der Waals surface area contributed by atoms with Crippen molar-refractivity contribution in [3.8, 4) is 11.1 Å². The van der Waals surface area contributed by atoms with Gasteiger partial charge in [-0.05, 0) is 67.3 Å². The largest absolute Gasteiger partial charge is 0.369 e. The molecule has 8 heteroatoms. The molecule has 0 bridgehead atoms. The van der Waals surface area contributed by atoms with E-state index in [0.29, 0.717) is 17.2 Å². The van der Waals surface area contributed by atoms with Crippen molar-refractivity contribution in [3.63, 3.8) is 0 Å². The highest BCUT2D eigenvalue weighted by atomic mass is 32.1. The number of fused-ring (bicyclic) bond motifs is 1. The van der Waals surface area contributed by atoms with Crippen LogP contribution >= 0.6 is 11.3 Å². The number of aromatic nitrogens is 1. The van der Waals surface area contributed by atoms with Crippen LogP contribution < -0.4 is 10.2 Å². The fraction of sp³-hybridized carbons (Fsp3) is 0.303. The smallest absolute Gasteiger partial charge is 0.255 e. The maximum Gasteiger partial charge on any atom is 0.255 e. The summed E-state index contributed by atoms with van der Waals surface area (Å²) in [5.74, 6) is -0.411. The van der Waals surface area contributed by atoms with Crippen molar-refractivity contribution >= 4 is 34.0 Å². The molecular weight excluding hydrogens is 530 g/mol. The van der Waals surface area contributed by atoms with Gasteiger partial charge in [-0.3, -0.25) is 19.8 Å². The minimum Gasteiger partial charge on any atom is -0.369 e. The highest BCUT2D eigenvalue weighted by Gasteiger charge is 2.38. The summed E-state index contributed by atoms with van der Waals surface area (Å²) in [6.45, 7) is 11.4. The fourth-order valence-electron chi connectivity index (χ4n) is 5.80. The lowest BCUT2D eigenvalue weighted by atomic mass is 10.00. The first kappa shape index (κ1) is 27.2. The van der Waals surface area contributed by atoms with Crippen LogP contribution in [0, 0.1) is 0 Å². The van der Waals surface area contributed by atoms with Gasteiger partial charge in [0, 0.05) is 61.1 Å². The number of thiazole rings is 1. The topological polar surface area (TPSA) is 68.8 Å². The monoisotopic (exact) mass is 565 g/mol. The number of carbonyl (C=O) groups is 2. The minimum atomic E-state index is -0.763. The second-order valence-electron chi connectivity index (χ2n) is 11.6. The van der Waals surface area contributed by atoms with E-state index in [1.165, 1.54) is 17.0 Å². The molecule has 7 nitrogen and oxygen atoms in total. The molecule has 0 unspecified atom stereocenters. The van der Waals surface area contributed by atoms with Gasteiger partial charge in [0.1, 0.15) is 6.04 Å². The van der Waals surface area contributed by atoms with E-state index in [-0.39, 0.29) is 17.4 Å². The van der Waals surface area contributed by atoms with Crippen molar-refractivity contribution in [3.05, 3.63) is 101 Å². The van der Waals surface area contributed by atoms with Gasteiger partial charge < -0.3 is 9.80 Å². The first-order valence-corrected chi connectivity index (χ1v) is 15.0. The van der Waals surface area contributed by atoms with E-state index < -0.39 is 6.04 Å². The first-order valence-electron chi connectivity index (χ1n) is 14.1. The zero-order valence-electron chi connectivity index (χ0n) is 23.7. The van der Waals surface area contributed by atoms with Crippen molar-refractivity contribution < 1.29 is 9.59 Å². The Bertz CT molecular complexity index is 1520. The number of benzene rings is 3. The minimum absolute atomic E-state index is 0.139. The zero-order valence-corrected chi connectivity index (χ0v) is 24.5. The molecule has 1 aromatic heterocycles. The first-order chi connectivity index (χ1) is 19.8. The molecule has 2 aliphatic heterocycles. The third-order valence-corrected chi connectivity index (χ3v) is 8.76. The van der Waals surface area contributed by atoms with Gasteiger partial charge in [-0.15, -0.1) is 11.3 Å². The molecular formula is C33H35N5O2S. The van der Waals surface area contributed by atoms with Crippen LogP contribution in [0.1, 0.15) is 48.3 Å². The molecule has 3 heterocycles. The summed E-state index contributed by atoms with van der Waals surface area (Å²) in [5.41, 5.74) is 5.95. The normalized spacial score (nSPS) is 16.5. The summed E-state index contributed by atoms with van der Waals surface area (Å²) in [6.07, 6.45) is 1.65. The maximum atomic E-state index is 13.6. The summed E-state index contributed by atoms with van der Waals surface area (Å²) < 4.78 is 0. The molecule has 1 saturated heterocycles. The molecule has 6 rings (SSSR count). The molecule has 41 heavy (non-hydrogen) atoms. The molecule has 2 amide bonds. The fourth-order valence-corrected chi connectivity index (χ4v) is 6.33. The lowest BCUT2D eigenvalue weighted by Crippen LogP contribution is -2.53. The predicted octanol–water partition coefficient (Wildman–Crippen LogP) is 6.07. The molecule has 4 aromatic rings. The van der Waals surface area contributed by atoms with Gasteiger partial charge in [-0.2, -0.15) is 0 Å². The Morgan fingerprint density at radius 3 is 2.29 bits per heavy atom. The number of nitrogens with zero attached hydrogens (tertiary/aromatic N) is 4. The van der Waals surface area contributed by atoms with E-state index >= 15 is 0 Å². The number of anilines is 2. The number of hydrogen-bond donors (Lipinski definition) is 1. The number of piperazine rings is 1. The van der Waals surface area contributed by atoms with Crippen LogP contribution in [0.4, 0.5) is 10.8 Å². The number of carbonyl (C=O) groups excluding carboxylic acids is 2.